The van der Waals surface area contributed by atoms with Crippen molar-refractivity contribution in [3.63, 3.8) is 0 Å². The van der Waals surface area contributed by atoms with Crippen molar-refractivity contribution in [3.8, 4) is 11.6 Å². The van der Waals surface area contributed by atoms with E-state index in [1.165, 1.54) is 19.8 Å². The van der Waals surface area contributed by atoms with Crippen LogP contribution in [-0.4, -0.2) is 30.4 Å². The zero-order valence-corrected chi connectivity index (χ0v) is 19.6. The van der Waals surface area contributed by atoms with E-state index >= 15 is 0 Å². The number of rotatable bonds is 10. The predicted octanol–water partition coefficient (Wildman–Crippen LogP) is 5.05. The van der Waals surface area contributed by atoms with E-state index in [0.29, 0.717) is 17.9 Å². The van der Waals surface area contributed by atoms with Gasteiger partial charge in [0.25, 0.3) is 0 Å². The number of aliphatic hydroxyl groups is 1. The van der Waals surface area contributed by atoms with Crippen LogP contribution in [0.25, 0.3) is 0 Å². The zero-order valence-electron chi connectivity index (χ0n) is 19.6. The van der Waals surface area contributed by atoms with Crippen LogP contribution in [0.15, 0.2) is 51.9 Å². The Bertz CT molecular complexity index is 887. The van der Waals surface area contributed by atoms with Crippen LogP contribution >= 0.6 is 0 Å². The first-order valence-corrected chi connectivity index (χ1v) is 10.3. The maximum absolute atomic E-state index is 12.4. The summed E-state index contributed by atoms with van der Waals surface area (Å²) in [5, 5.41) is 10.3. The summed E-state index contributed by atoms with van der Waals surface area (Å²) < 4.78 is 10.4. The van der Waals surface area contributed by atoms with Crippen LogP contribution < -0.4 is 14.9 Å². The highest BCUT2D eigenvalue weighted by Gasteiger charge is 2.15. The summed E-state index contributed by atoms with van der Waals surface area (Å²) in [5.41, 5.74) is 4.59. The molecule has 0 saturated carbocycles. The first-order chi connectivity index (χ1) is 14.2. The Balaban J connectivity index is 2.81. The first-order valence-electron chi connectivity index (χ1n) is 10.3. The molecule has 0 aliphatic carbocycles. The molecular formula is C25H37NO4. The van der Waals surface area contributed by atoms with Gasteiger partial charge in [-0.1, -0.05) is 48.5 Å². The van der Waals surface area contributed by atoms with Gasteiger partial charge in [-0.05, 0) is 46.6 Å². The van der Waals surface area contributed by atoms with E-state index in [9.17, 15) is 9.90 Å². The van der Waals surface area contributed by atoms with Gasteiger partial charge in [-0.25, -0.2) is 0 Å². The lowest BCUT2D eigenvalue weighted by molar-refractivity contribution is 0.172. The summed E-state index contributed by atoms with van der Waals surface area (Å²) in [6.45, 7) is 11.8. The third-order valence-corrected chi connectivity index (χ3v) is 5.29. The molecule has 0 fully saturated rings. The van der Waals surface area contributed by atoms with Gasteiger partial charge in [0.05, 0.1) is 20.3 Å². The van der Waals surface area contributed by atoms with Gasteiger partial charge >= 0.3 is 0 Å². The molecular weight excluding hydrogens is 378 g/mol. The minimum atomic E-state index is -0.442. The van der Waals surface area contributed by atoms with Gasteiger partial charge in [0.15, 0.2) is 0 Å². The number of H-pyrrole nitrogens is 1. The summed E-state index contributed by atoms with van der Waals surface area (Å²) in [6.07, 6.45) is 11.3. The third-order valence-electron chi connectivity index (χ3n) is 5.29. The van der Waals surface area contributed by atoms with E-state index in [2.05, 4.69) is 36.2 Å². The van der Waals surface area contributed by atoms with Crippen LogP contribution in [0, 0.1) is 12.8 Å². The number of aromatic nitrogens is 1. The molecule has 0 amide bonds. The molecule has 30 heavy (non-hydrogen) atoms. The van der Waals surface area contributed by atoms with Crippen molar-refractivity contribution in [1.29, 1.82) is 0 Å². The van der Waals surface area contributed by atoms with Gasteiger partial charge in [-0.3, -0.25) is 4.79 Å². The number of aliphatic hydroxyl groups excluding tert-OH is 1. The monoisotopic (exact) mass is 415 g/mol. The minimum absolute atomic E-state index is 0.0797. The normalized spacial score (nSPS) is 15.4. The highest BCUT2D eigenvalue weighted by Crippen LogP contribution is 2.22. The number of allylic oxidation sites excluding steroid dienone is 6. The number of ether oxygens (including phenoxy) is 2. The van der Waals surface area contributed by atoms with Crippen molar-refractivity contribution in [2.24, 2.45) is 5.92 Å². The van der Waals surface area contributed by atoms with Crippen molar-refractivity contribution in [1.82, 2.24) is 4.98 Å². The predicted molar refractivity (Wildman–Crippen MR) is 124 cm³/mol. The molecule has 1 heterocycles. The Morgan fingerprint density at radius 3 is 2.43 bits per heavy atom. The molecule has 0 spiro atoms. The van der Waals surface area contributed by atoms with Crippen molar-refractivity contribution >= 4 is 0 Å². The molecule has 166 valence electrons. The fraction of sp³-hybridized carbons (Fsp3) is 0.480. The molecule has 0 saturated heterocycles. The number of methoxy groups -OCH3 is 2. The lowest BCUT2D eigenvalue weighted by Crippen LogP contribution is -2.17. The van der Waals surface area contributed by atoms with Crippen molar-refractivity contribution < 1.29 is 14.6 Å². The van der Waals surface area contributed by atoms with Crippen molar-refractivity contribution in [2.75, 3.05) is 14.2 Å². The molecule has 2 N–H and O–H groups in total. The molecule has 0 aromatic carbocycles. The van der Waals surface area contributed by atoms with E-state index in [4.69, 9.17) is 9.47 Å². The van der Waals surface area contributed by atoms with Gasteiger partial charge in [0.1, 0.15) is 0 Å². The topological polar surface area (TPSA) is 71.6 Å². The van der Waals surface area contributed by atoms with Crippen LogP contribution in [0.4, 0.5) is 0 Å². The van der Waals surface area contributed by atoms with Crippen LogP contribution in [-0.2, 0) is 6.42 Å². The lowest BCUT2D eigenvalue weighted by Gasteiger charge is -2.17. The molecule has 0 aliphatic heterocycles. The van der Waals surface area contributed by atoms with Gasteiger partial charge in [-0.2, -0.15) is 0 Å². The number of pyridine rings is 1. The largest absolute Gasteiger partial charge is 0.488 e. The molecule has 5 nitrogen and oxygen atoms in total. The Labute approximate surface area is 180 Å². The summed E-state index contributed by atoms with van der Waals surface area (Å²) in [5.74, 6) is 0.622. The number of aromatic amines is 1. The van der Waals surface area contributed by atoms with Gasteiger partial charge in [-0.15, -0.1) is 0 Å². The summed E-state index contributed by atoms with van der Waals surface area (Å²) in [7, 11) is 2.97. The van der Waals surface area contributed by atoms with Crippen LogP contribution in [0.5, 0.6) is 11.6 Å². The van der Waals surface area contributed by atoms with Crippen LogP contribution in [0.3, 0.4) is 0 Å². The molecule has 0 aliphatic rings. The van der Waals surface area contributed by atoms with Crippen molar-refractivity contribution in [3.05, 3.63) is 68.6 Å². The lowest BCUT2D eigenvalue weighted by atomic mass is 9.95. The Hall–Kier alpha value is -2.53. The van der Waals surface area contributed by atoms with Crippen LogP contribution in [0.1, 0.15) is 52.3 Å². The minimum Gasteiger partial charge on any atom is -0.488 e. The molecule has 5 heteroatoms. The Morgan fingerprint density at radius 1 is 1.20 bits per heavy atom. The number of nitrogens with one attached hydrogen (secondary N) is 1. The molecule has 0 unspecified atom stereocenters. The quantitative estimate of drug-likeness (QED) is 0.415. The zero-order chi connectivity index (χ0) is 22.8. The standard InChI is InChI=1S/C25H37NO4/c1-9-18(4)22(27)19(5)15-17(3)12-10-11-16(2)13-14-21-20(6)23(28)24(29-7)25(26-21)30-8/h9-11,13,15,19,22,27H,12,14H2,1-8H3,(H,26,28)/t19-,22-/m0/s1. The highest BCUT2D eigenvalue weighted by molar-refractivity contribution is 5.40. The first kappa shape index (κ1) is 25.5. The Morgan fingerprint density at radius 2 is 1.87 bits per heavy atom. The van der Waals surface area contributed by atoms with E-state index in [1.54, 1.807) is 6.92 Å². The maximum atomic E-state index is 12.4. The molecule has 1 rings (SSSR count). The molecule has 0 bridgehead atoms. The SMILES string of the molecule is CC=C(C)[C@H](O)[C@@H](C)C=C(C)CC=CC(C)=CCc1[nH]c(OC)c(OC)c(=O)c1C. The molecule has 1 aromatic heterocycles. The fourth-order valence-electron chi connectivity index (χ4n) is 3.19. The molecule has 0 radical (unpaired) electrons. The van der Waals surface area contributed by atoms with Gasteiger partial charge < -0.3 is 19.6 Å². The van der Waals surface area contributed by atoms with Crippen molar-refractivity contribution in [2.45, 2.75) is 60.5 Å². The molecule has 2 atom stereocenters. The van der Waals surface area contributed by atoms with E-state index < -0.39 is 6.10 Å². The Kier molecular flexibility index (Phi) is 10.4. The van der Waals surface area contributed by atoms with Gasteiger partial charge in [0, 0.05) is 23.6 Å². The smallest absolute Gasteiger partial charge is 0.238 e. The van der Waals surface area contributed by atoms with E-state index in [1.807, 2.05) is 33.8 Å². The van der Waals surface area contributed by atoms with E-state index in [0.717, 1.165) is 23.3 Å². The summed E-state index contributed by atoms with van der Waals surface area (Å²) in [6, 6.07) is 0. The second kappa shape index (κ2) is 12.2. The number of hydrogen-bond acceptors (Lipinski definition) is 4. The second-order valence-electron chi connectivity index (χ2n) is 7.73. The average Bonchev–Trinajstić information content (AvgIpc) is 2.73. The fourth-order valence-corrected chi connectivity index (χ4v) is 3.19. The van der Waals surface area contributed by atoms with E-state index in [-0.39, 0.29) is 17.1 Å². The summed E-state index contributed by atoms with van der Waals surface area (Å²) >= 11 is 0. The summed E-state index contributed by atoms with van der Waals surface area (Å²) in [4.78, 5) is 15.5. The second-order valence-corrected chi connectivity index (χ2v) is 7.73. The maximum Gasteiger partial charge on any atom is 0.238 e. The molecule has 1 aromatic rings. The number of hydrogen-bond donors (Lipinski definition) is 2. The highest BCUT2D eigenvalue weighted by atomic mass is 16.5. The third kappa shape index (κ3) is 7.06. The average molecular weight is 416 g/mol. The van der Waals surface area contributed by atoms with Crippen LogP contribution in [0.2, 0.25) is 0 Å². The van der Waals surface area contributed by atoms with Gasteiger partial charge in [0.2, 0.25) is 17.1 Å².